The summed E-state index contributed by atoms with van der Waals surface area (Å²) in [5.74, 6) is 0. The predicted octanol–water partition coefficient (Wildman–Crippen LogP) is -0.468. The summed E-state index contributed by atoms with van der Waals surface area (Å²) in [6.45, 7) is -0.245. The van der Waals surface area contributed by atoms with Crippen LogP contribution >= 0.6 is 0 Å². The number of imidazole rings is 2. The van der Waals surface area contributed by atoms with Crippen LogP contribution in [-0.4, -0.2) is 59.2 Å². The molecule has 0 bridgehead atoms. The van der Waals surface area contributed by atoms with Crippen LogP contribution in [0.4, 0.5) is 0 Å². The summed E-state index contributed by atoms with van der Waals surface area (Å²) < 4.78 is 8.87. The average Bonchev–Trinajstić information content (AvgIpc) is 3.21. The maximum absolute atomic E-state index is 11.0. The van der Waals surface area contributed by atoms with Gasteiger partial charge < -0.3 is 14.9 Å². The highest BCUT2D eigenvalue weighted by atomic mass is 16.5. The molecule has 0 amide bonds. The van der Waals surface area contributed by atoms with Gasteiger partial charge in [-0.25, -0.2) is 15.0 Å². The number of aromatic nitrogens is 5. The van der Waals surface area contributed by atoms with Crippen LogP contribution in [0.2, 0.25) is 0 Å². The van der Waals surface area contributed by atoms with Gasteiger partial charge in [0.05, 0.1) is 25.2 Å². The Bertz CT molecular complexity index is 857. The normalized spacial score (nSPS) is 25.3. The summed E-state index contributed by atoms with van der Waals surface area (Å²) in [6, 6.07) is 0. The van der Waals surface area contributed by atoms with Gasteiger partial charge in [0.25, 0.3) is 0 Å². The lowest BCUT2D eigenvalue weighted by atomic mass is 10.2. The minimum atomic E-state index is -0.732. The number of fused-ring (bicyclic) bond motifs is 3. The summed E-state index contributed by atoms with van der Waals surface area (Å²) in [6.07, 6.45) is 3.77. The monoisotopic (exact) mass is 303 g/mol. The van der Waals surface area contributed by atoms with Gasteiger partial charge in [-0.05, 0) is 0 Å². The molecule has 4 rings (SSSR count). The predicted molar refractivity (Wildman–Crippen MR) is 73.3 cm³/mol. The zero-order chi connectivity index (χ0) is 15.3. The average molecular weight is 303 g/mol. The Balaban J connectivity index is 1.82. The van der Waals surface area contributed by atoms with Gasteiger partial charge >= 0.3 is 0 Å². The van der Waals surface area contributed by atoms with Crippen molar-refractivity contribution in [3.05, 3.63) is 24.5 Å². The van der Waals surface area contributed by atoms with Crippen molar-refractivity contribution in [2.24, 2.45) is 0 Å². The molecular weight excluding hydrogens is 290 g/mol. The first-order chi connectivity index (χ1) is 10.7. The first-order valence-corrected chi connectivity index (χ1v) is 6.81. The van der Waals surface area contributed by atoms with E-state index in [1.165, 1.54) is 12.5 Å². The molecule has 4 heterocycles. The van der Waals surface area contributed by atoms with E-state index < -0.39 is 18.4 Å². The fourth-order valence-corrected chi connectivity index (χ4v) is 2.77. The molecule has 22 heavy (non-hydrogen) atoms. The van der Waals surface area contributed by atoms with Gasteiger partial charge in [-0.1, -0.05) is 0 Å². The first-order valence-electron chi connectivity index (χ1n) is 6.81. The van der Waals surface area contributed by atoms with Crippen molar-refractivity contribution in [1.29, 1.82) is 0 Å². The molecule has 0 aromatic carbocycles. The highest BCUT2D eigenvalue weighted by molar-refractivity contribution is 5.87. The number of rotatable bonds is 3. The molecule has 3 aromatic heterocycles. The molecule has 3 aromatic rings. The van der Waals surface area contributed by atoms with E-state index in [2.05, 4.69) is 15.0 Å². The van der Waals surface area contributed by atoms with E-state index in [-0.39, 0.29) is 6.61 Å². The Morgan fingerprint density at radius 2 is 2.18 bits per heavy atom. The molecule has 0 saturated carbocycles. The highest BCUT2D eigenvalue weighted by Crippen LogP contribution is 2.31. The van der Waals surface area contributed by atoms with E-state index in [1.807, 2.05) is 0 Å². The number of aliphatic hydroxyl groups excluding tert-OH is 2. The van der Waals surface area contributed by atoms with Gasteiger partial charge in [0.2, 0.25) is 0 Å². The van der Waals surface area contributed by atoms with Gasteiger partial charge in [-0.15, -0.1) is 0 Å². The lowest BCUT2D eigenvalue weighted by Crippen LogP contribution is -2.24. The van der Waals surface area contributed by atoms with Crippen LogP contribution < -0.4 is 0 Å². The van der Waals surface area contributed by atoms with Crippen LogP contribution in [0.25, 0.3) is 16.8 Å². The number of carbonyl (C=O) groups is 1. The van der Waals surface area contributed by atoms with Crippen molar-refractivity contribution in [1.82, 2.24) is 23.9 Å². The van der Waals surface area contributed by atoms with Gasteiger partial charge in [-0.2, -0.15) is 0 Å². The molecule has 0 unspecified atom stereocenters. The Labute approximate surface area is 123 Å². The minimum Gasteiger partial charge on any atom is -0.394 e. The second-order valence-electron chi connectivity index (χ2n) is 5.18. The Kier molecular flexibility index (Phi) is 2.93. The van der Waals surface area contributed by atoms with Crippen LogP contribution in [0.3, 0.4) is 0 Å². The van der Waals surface area contributed by atoms with E-state index in [0.29, 0.717) is 35.2 Å². The lowest BCUT2D eigenvalue weighted by molar-refractivity contribution is -0.0432. The molecule has 1 aliphatic heterocycles. The number of aliphatic hydroxyl groups is 2. The Hall–Kier alpha value is -2.36. The van der Waals surface area contributed by atoms with E-state index in [9.17, 15) is 9.90 Å². The van der Waals surface area contributed by atoms with Crippen molar-refractivity contribution in [2.75, 3.05) is 6.61 Å². The molecule has 2 N–H and O–H groups in total. The van der Waals surface area contributed by atoms with Crippen molar-refractivity contribution < 1.29 is 19.7 Å². The van der Waals surface area contributed by atoms with E-state index in [4.69, 9.17) is 9.84 Å². The number of nitrogens with zero attached hydrogens (tertiary/aromatic N) is 5. The molecule has 3 atom stereocenters. The molecule has 1 aliphatic rings. The molecule has 9 heteroatoms. The molecule has 1 saturated heterocycles. The molecule has 1 fully saturated rings. The SMILES string of the molecule is O=Cc1cnc2c3ncn([C@H]4C[C@H](O)[C@@H](CO)O4)c3ncn12. The van der Waals surface area contributed by atoms with E-state index >= 15 is 0 Å². The summed E-state index contributed by atoms with van der Waals surface area (Å²) in [4.78, 5) is 23.7. The fourth-order valence-electron chi connectivity index (χ4n) is 2.77. The zero-order valence-corrected chi connectivity index (χ0v) is 11.4. The third-order valence-corrected chi connectivity index (χ3v) is 3.92. The third kappa shape index (κ3) is 1.76. The number of hydrogen-bond donors (Lipinski definition) is 2. The van der Waals surface area contributed by atoms with Crippen LogP contribution in [0.15, 0.2) is 18.9 Å². The van der Waals surface area contributed by atoms with Crippen molar-refractivity contribution >= 4 is 23.1 Å². The van der Waals surface area contributed by atoms with Gasteiger partial charge in [0.1, 0.15) is 24.4 Å². The molecule has 9 nitrogen and oxygen atoms in total. The topological polar surface area (TPSA) is 115 Å². The molecular formula is C13H13N5O4. The summed E-state index contributed by atoms with van der Waals surface area (Å²) in [7, 11) is 0. The molecule has 114 valence electrons. The maximum atomic E-state index is 11.0. The van der Waals surface area contributed by atoms with Gasteiger partial charge in [-0.3, -0.25) is 13.8 Å². The second kappa shape index (κ2) is 4.83. The smallest absolute Gasteiger partial charge is 0.168 e. The van der Waals surface area contributed by atoms with Crippen LogP contribution in [-0.2, 0) is 4.74 Å². The first kappa shape index (κ1) is 13.3. The third-order valence-electron chi connectivity index (χ3n) is 3.92. The standard InChI is InChI=1S/C13H13N5O4/c19-3-7-2-14-12-11-13(16-6-17(7)12)18(5-15-11)10-1-8(21)9(4-20)22-10/h2-3,5-6,8-10,20-21H,1,4H2/t8-,9+,10+/m0/s1. The van der Waals surface area contributed by atoms with Crippen LogP contribution in [0.1, 0.15) is 23.1 Å². The van der Waals surface area contributed by atoms with Crippen molar-refractivity contribution in [2.45, 2.75) is 24.9 Å². The molecule has 0 aliphatic carbocycles. The van der Waals surface area contributed by atoms with Crippen molar-refractivity contribution in [3.63, 3.8) is 0 Å². The summed E-state index contributed by atoms with van der Waals surface area (Å²) in [5.41, 5.74) is 2.02. The van der Waals surface area contributed by atoms with Crippen LogP contribution in [0.5, 0.6) is 0 Å². The largest absolute Gasteiger partial charge is 0.394 e. The van der Waals surface area contributed by atoms with E-state index in [1.54, 1.807) is 15.3 Å². The summed E-state index contributed by atoms with van der Waals surface area (Å²) in [5, 5.41) is 19.0. The van der Waals surface area contributed by atoms with Crippen LogP contribution in [0, 0.1) is 0 Å². The molecule has 0 radical (unpaired) electrons. The fraction of sp³-hybridized carbons (Fsp3) is 0.385. The van der Waals surface area contributed by atoms with Crippen molar-refractivity contribution in [3.8, 4) is 0 Å². The Morgan fingerprint density at radius 1 is 1.32 bits per heavy atom. The Morgan fingerprint density at radius 3 is 2.91 bits per heavy atom. The highest BCUT2D eigenvalue weighted by Gasteiger charge is 2.35. The maximum Gasteiger partial charge on any atom is 0.168 e. The number of carbonyl (C=O) groups excluding carboxylic acids is 1. The van der Waals surface area contributed by atoms with Gasteiger partial charge in [0, 0.05) is 6.42 Å². The summed E-state index contributed by atoms with van der Waals surface area (Å²) >= 11 is 0. The quantitative estimate of drug-likeness (QED) is 0.629. The minimum absolute atomic E-state index is 0.245. The number of aldehydes is 1. The van der Waals surface area contributed by atoms with Gasteiger partial charge in [0.15, 0.2) is 23.1 Å². The second-order valence-corrected chi connectivity index (χ2v) is 5.18. The van der Waals surface area contributed by atoms with E-state index in [0.717, 1.165) is 0 Å². The zero-order valence-electron chi connectivity index (χ0n) is 11.4. The number of hydrogen-bond acceptors (Lipinski definition) is 7. The lowest BCUT2D eigenvalue weighted by Gasteiger charge is -2.13. The molecule has 0 spiro atoms. The number of ether oxygens (including phenoxy) is 1.